The Balaban J connectivity index is 1.89. The smallest absolute Gasteiger partial charge is 0.262 e. The molecule has 5 heteroatoms. The fourth-order valence-corrected chi connectivity index (χ4v) is 1.53. The van der Waals surface area contributed by atoms with E-state index >= 15 is 0 Å². The van der Waals surface area contributed by atoms with Gasteiger partial charge in [-0.3, -0.25) is 4.79 Å². The van der Waals surface area contributed by atoms with E-state index in [2.05, 4.69) is 5.32 Å². The fraction of sp³-hybridized carbons (Fsp3) is 0.0667. The molecule has 1 amide bonds. The van der Waals surface area contributed by atoms with Crippen molar-refractivity contribution >= 4 is 11.6 Å². The fourth-order valence-electron chi connectivity index (χ4n) is 1.53. The Morgan fingerprint density at radius 1 is 1.25 bits per heavy atom. The lowest BCUT2D eigenvalue weighted by molar-refractivity contribution is -0.118. The topological polar surface area (TPSA) is 62.1 Å². The molecule has 0 heterocycles. The molecule has 0 radical (unpaired) electrons. The van der Waals surface area contributed by atoms with Gasteiger partial charge in [0.2, 0.25) is 0 Å². The number of ether oxygens (including phenoxy) is 1. The van der Waals surface area contributed by atoms with E-state index in [9.17, 15) is 9.18 Å². The van der Waals surface area contributed by atoms with E-state index in [4.69, 9.17) is 10.00 Å². The lowest BCUT2D eigenvalue weighted by Gasteiger charge is -2.07. The molecule has 0 aliphatic heterocycles. The van der Waals surface area contributed by atoms with Crippen molar-refractivity contribution in [3.8, 4) is 11.8 Å². The number of halogens is 1. The standard InChI is InChI=1S/C15H11FN2O2/c16-12-4-6-13(7-5-12)18-15(19)10-20-14-3-1-2-11(8-14)9-17/h1-8H,10H2,(H,18,19). The van der Waals surface area contributed by atoms with Crippen LogP contribution >= 0.6 is 0 Å². The summed E-state index contributed by atoms with van der Waals surface area (Å²) in [6.07, 6.45) is 0. The van der Waals surface area contributed by atoms with Gasteiger partial charge in [0, 0.05) is 5.69 Å². The van der Waals surface area contributed by atoms with Crippen LogP contribution in [0.15, 0.2) is 48.5 Å². The van der Waals surface area contributed by atoms with Crippen LogP contribution in [0.1, 0.15) is 5.56 Å². The van der Waals surface area contributed by atoms with Crippen LogP contribution in [0.3, 0.4) is 0 Å². The predicted octanol–water partition coefficient (Wildman–Crippen LogP) is 2.71. The van der Waals surface area contributed by atoms with Gasteiger partial charge in [0.1, 0.15) is 11.6 Å². The first-order valence-corrected chi connectivity index (χ1v) is 5.86. The van der Waals surface area contributed by atoms with Crippen molar-refractivity contribution in [1.82, 2.24) is 0 Å². The molecular formula is C15H11FN2O2. The van der Waals surface area contributed by atoms with E-state index < -0.39 is 0 Å². The number of benzene rings is 2. The van der Waals surface area contributed by atoms with Crippen LogP contribution in [-0.4, -0.2) is 12.5 Å². The summed E-state index contributed by atoms with van der Waals surface area (Å²) in [4.78, 5) is 11.6. The maximum atomic E-state index is 12.7. The first-order valence-electron chi connectivity index (χ1n) is 5.86. The van der Waals surface area contributed by atoms with Crippen LogP contribution in [0.25, 0.3) is 0 Å². The van der Waals surface area contributed by atoms with E-state index in [0.717, 1.165) is 0 Å². The molecule has 4 nitrogen and oxygen atoms in total. The summed E-state index contributed by atoms with van der Waals surface area (Å²) in [7, 11) is 0. The number of carbonyl (C=O) groups is 1. The molecule has 0 fully saturated rings. The number of anilines is 1. The maximum Gasteiger partial charge on any atom is 0.262 e. The molecule has 0 saturated carbocycles. The largest absolute Gasteiger partial charge is 0.484 e. The molecule has 1 N–H and O–H groups in total. The number of hydrogen-bond acceptors (Lipinski definition) is 3. The van der Waals surface area contributed by atoms with Gasteiger partial charge < -0.3 is 10.1 Å². The number of carbonyl (C=O) groups excluding carboxylic acids is 1. The van der Waals surface area contributed by atoms with E-state index in [-0.39, 0.29) is 18.3 Å². The summed E-state index contributed by atoms with van der Waals surface area (Å²) >= 11 is 0. The Labute approximate surface area is 115 Å². The van der Waals surface area contributed by atoms with Crippen LogP contribution < -0.4 is 10.1 Å². The van der Waals surface area contributed by atoms with Crippen molar-refractivity contribution < 1.29 is 13.9 Å². The van der Waals surface area contributed by atoms with Crippen LogP contribution in [0.4, 0.5) is 10.1 Å². The molecule has 0 aliphatic carbocycles. The highest BCUT2D eigenvalue weighted by Gasteiger charge is 2.04. The second-order valence-corrected chi connectivity index (χ2v) is 3.98. The average Bonchev–Trinajstić information content (AvgIpc) is 2.48. The second kappa shape index (κ2) is 6.34. The normalized spacial score (nSPS) is 9.60. The molecule has 0 spiro atoms. The number of amides is 1. The van der Waals surface area contributed by atoms with Gasteiger partial charge in [-0.15, -0.1) is 0 Å². The first-order chi connectivity index (χ1) is 9.67. The van der Waals surface area contributed by atoms with E-state index in [1.165, 1.54) is 24.3 Å². The van der Waals surface area contributed by atoms with Crippen molar-refractivity contribution in [2.75, 3.05) is 11.9 Å². The Hall–Kier alpha value is -2.87. The number of hydrogen-bond donors (Lipinski definition) is 1. The maximum absolute atomic E-state index is 12.7. The van der Waals surface area contributed by atoms with Gasteiger partial charge in [-0.1, -0.05) is 6.07 Å². The summed E-state index contributed by atoms with van der Waals surface area (Å²) in [5, 5.41) is 11.3. The highest BCUT2D eigenvalue weighted by atomic mass is 19.1. The summed E-state index contributed by atoms with van der Waals surface area (Å²) in [6, 6.07) is 13.9. The first kappa shape index (κ1) is 13.6. The number of rotatable bonds is 4. The Kier molecular flexibility index (Phi) is 4.30. The molecule has 20 heavy (non-hydrogen) atoms. The zero-order chi connectivity index (χ0) is 14.4. The molecule has 2 rings (SSSR count). The van der Waals surface area contributed by atoms with Crippen LogP contribution in [-0.2, 0) is 4.79 Å². The minimum absolute atomic E-state index is 0.188. The molecule has 2 aromatic rings. The Morgan fingerprint density at radius 2 is 2.00 bits per heavy atom. The third-order valence-electron chi connectivity index (χ3n) is 2.46. The molecule has 0 aliphatic rings. The molecule has 0 aromatic heterocycles. The van der Waals surface area contributed by atoms with E-state index in [0.29, 0.717) is 17.0 Å². The Morgan fingerprint density at radius 3 is 2.70 bits per heavy atom. The van der Waals surface area contributed by atoms with E-state index in [1.807, 2.05) is 6.07 Å². The summed E-state index contributed by atoms with van der Waals surface area (Å²) in [5.74, 6) is -0.287. The van der Waals surface area contributed by atoms with Gasteiger partial charge in [-0.25, -0.2) is 4.39 Å². The van der Waals surface area contributed by atoms with Crippen molar-refractivity contribution in [1.29, 1.82) is 5.26 Å². The van der Waals surface area contributed by atoms with Crippen molar-refractivity contribution in [2.24, 2.45) is 0 Å². The minimum Gasteiger partial charge on any atom is -0.484 e. The molecule has 0 saturated heterocycles. The van der Waals surface area contributed by atoms with Gasteiger partial charge in [-0.05, 0) is 42.5 Å². The minimum atomic E-state index is -0.368. The van der Waals surface area contributed by atoms with Gasteiger partial charge in [0.25, 0.3) is 5.91 Å². The molecule has 0 atom stereocenters. The van der Waals surface area contributed by atoms with E-state index in [1.54, 1.807) is 24.3 Å². The van der Waals surface area contributed by atoms with Crippen molar-refractivity contribution in [3.63, 3.8) is 0 Å². The molecule has 0 unspecified atom stereocenters. The molecule has 2 aromatic carbocycles. The molecule has 100 valence electrons. The van der Waals surface area contributed by atoms with Crippen molar-refractivity contribution in [3.05, 3.63) is 59.9 Å². The average molecular weight is 270 g/mol. The SMILES string of the molecule is N#Cc1cccc(OCC(=O)Nc2ccc(F)cc2)c1. The van der Waals surface area contributed by atoms with Gasteiger partial charge >= 0.3 is 0 Å². The highest BCUT2D eigenvalue weighted by Crippen LogP contribution is 2.13. The molecule has 0 bridgehead atoms. The van der Waals surface area contributed by atoms with Crippen LogP contribution in [0.5, 0.6) is 5.75 Å². The van der Waals surface area contributed by atoms with Crippen molar-refractivity contribution in [2.45, 2.75) is 0 Å². The highest BCUT2D eigenvalue weighted by molar-refractivity contribution is 5.91. The zero-order valence-electron chi connectivity index (χ0n) is 10.5. The lowest BCUT2D eigenvalue weighted by atomic mass is 10.2. The zero-order valence-corrected chi connectivity index (χ0v) is 10.5. The monoisotopic (exact) mass is 270 g/mol. The Bertz CT molecular complexity index is 648. The number of nitriles is 1. The summed E-state index contributed by atoms with van der Waals surface area (Å²) in [6.45, 7) is -0.188. The third kappa shape index (κ3) is 3.82. The van der Waals surface area contributed by atoms with Gasteiger partial charge in [0.15, 0.2) is 6.61 Å². The summed E-state index contributed by atoms with van der Waals surface area (Å²) < 4.78 is 18.0. The third-order valence-corrected chi connectivity index (χ3v) is 2.46. The van der Waals surface area contributed by atoms with Crippen LogP contribution in [0, 0.1) is 17.1 Å². The van der Waals surface area contributed by atoms with Gasteiger partial charge in [-0.2, -0.15) is 5.26 Å². The number of nitrogens with one attached hydrogen (secondary N) is 1. The van der Waals surface area contributed by atoms with Crippen LogP contribution in [0.2, 0.25) is 0 Å². The quantitative estimate of drug-likeness (QED) is 0.929. The second-order valence-electron chi connectivity index (χ2n) is 3.98. The molecular weight excluding hydrogens is 259 g/mol. The lowest BCUT2D eigenvalue weighted by Crippen LogP contribution is -2.20. The van der Waals surface area contributed by atoms with Gasteiger partial charge in [0.05, 0.1) is 11.6 Å². The number of nitrogens with zero attached hydrogens (tertiary/aromatic N) is 1. The summed E-state index contributed by atoms with van der Waals surface area (Å²) in [5.41, 5.74) is 0.951. The predicted molar refractivity (Wildman–Crippen MR) is 71.7 cm³/mol.